The Bertz CT molecular complexity index is 162. The van der Waals surface area contributed by atoms with E-state index in [1.165, 1.54) is 13.1 Å². The summed E-state index contributed by atoms with van der Waals surface area (Å²) in [4.78, 5) is 2.36. The molecule has 0 aromatic rings. The molecule has 0 aromatic carbocycles. The Kier molecular flexibility index (Phi) is 3.40. The average molecular weight is 181 g/mol. The van der Waals surface area contributed by atoms with Crippen molar-refractivity contribution in [3.05, 3.63) is 12.8 Å². The van der Waals surface area contributed by atoms with Crippen LogP contribution >= 0.6 is 0 Å². The highest BCUT2D eigenvalue weighted by molar-refractivity contribution is 5.07. The summed E-state index contributed by atoms with van der Waals surface area (Å²) in [5.74, 6) is 3.95. The van der Waals surface area contributed by atoms with Gasteiger partial charge in [-0.2, -0.15) is 0 Å². The van der Waals surface area contributed by atoms with Crippen molar-refractivity contribution >= 4 is 0 Å². The number of rotatable bonds is 2. The Hall–Kier alpha value is -0.460. The van der Waals surface area contributed by atoms with Gasteiger partial charge < -0.3 is 4.90 Å². The molecule has 2 aliphatic rings. The molecule has 0 aromatic heterocycles. The van der Waals surface area contributed by atoms with Crippen LogP contribution in [-0.2, 0) is 0 Å². The number of fused-ring (bicyclic) bond motifs is 1. The van der Waals surface area contributed by atoms with Gasteiger partial charge in [-0.3, -0.25) is 0 Å². The van der Waals surface area contributed by atoms with E-state index in [1.807, 2.05) is 20.0 Å². The standard InChI is InChI=1S/C10H17N.C2H6/c1-4-11-5-8-9(6-11)10(8)7(2)3;1-2/h4,7-10H,1,5-6H2,2-3H3;1-2H3. The molecule has 13 heavy (non-hydrogen) atoms. The van der Waals surface area contributed by atoms with Crippen molar-refractivity contribution in [1.29, 1.82) is 0 Å². The third kappa shape index (κ3) is 1.90. The molecule has 0 N–H and O–H groups in total. The minimum Gasteiger partial charge on any atom is -0.377 e. The lowest BCUT2D eigenvalue weighted by Crippen LogP contribution is -2.19. The van der Waals surface area contributed by atoms with Gasteiger partial charge in [0.25, 0.3) is 0 Å². The van der Waals surface area contributed by atoms with E-state index in [0.717, 1.165) is 23.7 Å². The Morgan fingerprint density at radius 1 is 1.23 bits per heavy atom. The van der Waals surface area contributed by atoms with E-state index >= 15 is 0 Å². The second-order valence-corrected chi connectivity index (χ2v) is 4.29. The number of likely N-dealkylation sites (tertiary alicyclic amines) is 1. The largest absolute Gasteiger partial charge is 0.377 e. The SMILES string of the molecule is C=CN1CC2C(C1)C2C(C)C.CC. The average Bonchev–Trinajstić information content (AvgIpc) is 2.67. The molecule has 2 atom stereocenters. The van der Waals surface area contributed by atoms with E-state index in [0.29, 0.717) is 0 Å². The molecule has 0 amide bonds. The van der Waals surface area contributed by atoms with Gasteiger partial charge in [0.1, 0.15) is 0 Å². The third-order valence-corrected chi connectivity index (χ3v) is 3.32. The van der Waals surface area contributed by atoms with Crippen LogP contribution in [-0.4, -0.2) is 18.0 Å². The first kappa shape index (κ1) is 10.6. The van der Waals surface area contributed by atoms with Gasteiger partial charge in [0.05, 0.1) is 0 Å². The monoisotopic (exact) mass is 181 g/mol. The molecule has 76 valence electrons. The van der Waals surface area contributed by atoms with Crippen LogP contribution in [0.2, 0.25) is 0 Å². The van der Waals surface area contributed by atoms with Crippen molar-refractivity contribution < 1.29 is 0 Å². The molecule has 0 spiro atoms. The van der Waals surface area contributed by atoms with Gasteiger partial charge in [-0.15, -0.1) is 0 Å². The zero-order valence-electron chi connectivity index (χ0n) is 9.46. The van der Waals surface area contributed by atoms with E-state index in [2.05, 4.69) is 25.3 Å². The lowest BCUT2D eigenvalue weighted by atomic mass is 10.1. The number of hydrogen-bond acceptors (Lipinski definition) is 1. The van der Waals surface area contributed by atoms with Crippen LogP contribution in [0.15, 0.2) is 12.8 Å². The maximum Gasteiger partial charge on any atom is 0.0207 e. The molecule has 1 heterocycles. The van der Waals surface area contributed by atoms with Gasteiger partial charge >= 0.3 is 0 Å². The van der Waals surface area contributed by atoms with Gasteiger partial charge in [0, 0.05) is 13.1 Å². The van der Waals surface area contributed by atoms with E-state index in [9.17, 15) is 0 Å². The molecule has 1 aliphatic heterocycles. The summed E-state index contributed by atoms with van der Waals surface area (Å²) in [6.45, 7) is 15.0. The summed E-state index contributed by atoms with van der Waals surface area (Å²) in [6.07, 6.45) is 1.99. The maximum absolute atomic E-state index is 3.79. The molecular weight excluding hydrogens is 158 g/mol. The fourth-order valence-electron chi connectivity index (χ4n) is 2.74. The van der Waals surface area contributed by atoms with Crippen LogP contribution in [0.1, 0.15) is 27.7 Å². The highest BCUT2D eigenvalue weighted by Crippen LogP contribution is 2.55. The minimum atomic E-state index is 0.900. The topological polar surface area (TPSA) is 3.24 Å². The Morgan fingerprint density at radius 2 is 1.69 bits per heavy atom. The van der Waals surface area contributed by atoms with Crippen molar-refractivity contribution in [2.24, 2.45) is 23.7 Å². The second kappa shape index (κ2) is 4.17. The van der Waals surface area contributed by atoms with Crippen molar-refractivity contribution in [3.8, 4) is 0 Å². The summed E-state index contributed by atoms with van der Waals surface area (Å²) >= 11 is 0. The van der Waals surface area contributed by atoms with Crippen LogP contribution < -0.4 is 0 Å². The van der Waals surface area contributed by atoms with Gasteiger partial charge in [0.15, 0.2) is 0 Å². The van der Waals surface area contributed by atoms with Crippen LogP contribution in [0, 0.1) is 23.7 Å². The lowest BCUT2D eigenvalue weighted by Gasteiger charge is -2.17. The normalized spacial score (nSPS) is 35.2. The second-order valence-electron chi connectivity index (χ2n) is 4.29. The molecule has 2 rings (SSSR count). The van der Waals surface area contributed by atoms with E-state index in [-0.39, 0.29) is 0 Å². The Labute approximate surface area is 82.8 Å². The number of nitrogens with zero attached hydrogens (tertiary/aromatic N) is 1. The van der Waals surface area contributed by atoms with E-state index < -0.39 is 0 Å². The smallest absolute Gasteiger partial charge is 0.0207 e. The van der Waals surface area contributed by atoms with Gasteiger partial charge in [-0.1, -0.05) is 34.3 Å². The molecule has 1 heteroatoms. The fourth-order valence-corrected chi connectivity index (χ4v) is 2.74. The van der Waals surface area contributed by atoms with Crippen LogP contribution in [0.5, 0.6) is 0 Å². The zero-order valence-corrected chi connectivity index (χ0v) is 9.46. The van der Waals surface area contributed by atoms with E-state index in [1.54, 1.807) is 0 Å². The number of piperidine rings is 1. The minimum absolute atomic E-state index is 0.900. The Balaban J connectivity index is 0.000000396. The van der Waals surface area contributed by atoms with Crippen molar-refractivity contribution in [2.75, 3.05) is 13.1 Å². The molecule has 1 aliphatic carbocycles. The van der Waals surface area contributed by atoms with E-state index in [4.69, 9.17) is 0 Å². The molecule has 0 radical (unpaired) electrons. The molecular formula is C12H23N. The first-order valence-electron chi connectivity index (χ1n) is 5.60. The zero-order chi connectivity index (χ0) is 10.0. The quantitative estimate of drug-likeness (QED) is 0.633. The molecule has 2 fully saturated rings. The summed E-state index contributed by atoms with van der Waals surface area (Å²) in [5, 5.41) is 0. The predicted molar refractivity (Wildman–Crippen MR) is 58.4 cm³/mol. The first-order chi connectivity index (χ1) is 6.24. The fraction of sp³-hybridized carbons (Fsp3) is 0.833. The summed E-state index contributed by atoms with van der Waals surface area (Å²) in [7, 11) is 0. The van der Waals surface area contributed by atoms with Crippen molar-refractivity contribution in [1.82, 2.24) is 4.90 Å². The predicted octanol–water partition coefficient (Wildman–Crippen LogP) is 2.99. The molecule has 1 nitrogen and oxygen atoms in total. The first-order valence-corrected chi connectivity index (χ1v) is 5.60. The lowest BCUT2D eigenvalue weighted by molar-refractivity contribution is 0.346. The highest BCUT2D eigenvalue weighted by Gasteiger charge is 2.55. The van der Waals surface area contributed by atoms with Crippen molar-refractivity contribution in [3.63, 3.8) is 0 Å². The third-order valence-electron chi connectivity index (χ3n) is 3.32. The summed E-state index contributed by atoms with van der Waals surface area (Å²) < 4.78 is 0. The molecule has 0 bridgehead atoms. The van der Waals surface area contributed by atoms with Gasteiger partial charge in [-0.25, -0.2) is 0 Å². The van der Waals surface area contributed by atoms with Crippen LogP contribution in [0.3, 0.4) is 0 Å². The van der Waals surface area contributed by atoms with Crippen molar-refractivity contribution in [2.45, 2.75) is 27.7 Å². The highest BCUT2D eigenvalue weighted by atomic mass is 15.2. The van der Waals surface area contributed by atoms with Gasteiger partial charge in [-0.05, 0) is 29.9 Å². The summed E-state index contributed by atoms with van der Waals surface area (Å²) in [6, 6.07) is 0. The van der Waals surface area contributed by atoms with Crippen LogP contribution in [0.4, 0.5) is 0 Å². The van der Waals surface area contributed by atoms with Crippen LogP contribution in [0.25, 0.3) is 0 Å². The number of hydrogen-bond donors (Lipinski definition) is 0. The summed E-state index contributed by atoms with van der Waals surface area (Å²) in [5.41, 5.74) is 0. The molecule has 2 unspecified atom stereocenters. The molecule has 1 saturated carbocycles. The van der Waals surface area contributed by atoms with Gasteiger partial charge in [0.2, 0.25) is 0 Å². The Morgan fingerprint density at radius 3 is 2.00 bits per heavy atom. The maximum atomic E-state index is 3.79. The molecule has 1 saturated heterocycles.